The topological polar surface area (TPSA) is 113 Å². The van der Waals surface area contributed by atoms with Crippen LogP contribution in [-0.2, 0) is 9.59 Å². The van der Waals surface area contributed by atoms with Gasteiger partial charge in [0.05, 0.1) is 11.1 Å². The summed E-state index contributed by atoms with van der Waals surface area (Å²) in [6.07, 6.45) is 1.22. The number of hydrogen-bond donors (Lipinski definition) is 2. The first-order valence-electron chi connectivity index (χ1n) is 10.4. The first kappa shape index (κ1) is 20.5. The van der Waals surface area contributed by atoms with Gasteiger partial charge >= 0.3 is 0 Å². The van der Waals surface area contributed by atoms with Crippen LogP contribution in [0.2, 0.25) is 0 Å². The molecule has 0 saturated carbocycles. The molecule has 30 heavy (non-hydrogen) atoms. The van der Waals surface area contributed by atoms with Crippen LogP contribution in [0.25, 0.3) is 0 Å². The molecule has 1 aromatic rings. The molecular weight excluding hydrogens is 384 g/mol. The number of carbonyl (C=O) groups excluding carboxylic acids is 4. The second-order valence-corrected chi connectivity index (χ2v) is 9.58. The Morgan fingerprint density at radius 3 is 2.43 bits per heavy atom. The van der Waals surface area contributed by atoms with Crippen LogP contribution >= 0.6 is 0 Å². The average Bonchev–Trinajstić information content (AvgIpc) is 3.24. The lowest BCUT2D eigenvalue weighted by Gasteiger charge is -2.41. The van der Waals surface area contributed by atoms with E-state index < -0.39 is 23.8 Å². The van der Waals surface area contributed by atoms with Crippen molar-refractivity contribution in [2.24, 2.45) is 16.6 Å². The van der Waals surface area contributed by atoms with E-state index in [0.29, 0.717) is 17.7 Å². The second kappa shape index (κ2) is 6.91. The second-order valence-electron chi connectivity index (χ2n) is 9.58. The van der Waals surface area contributed by atoms with E-state index in [0.717, 1.165) is 30.1 Å². The molecule has 0 aliphatic carbocycles. The molecule has 2 fully saturated rings. The summed E-state index contributed by atoms with van der Waals surface area (Å²) in [7, 11) is 0. The highest BCUT2D eigenvalue weighted by atomic mass is 16.2. The van der Waals surface area contributed by atoms with Crippen LogP contribution in [0.4, 0.5) is 5.69 Å². The molecule has 8 heteroatoms. The first-order valence-corrected chi connectivity index (χ1v) is 10.4. The van der Waals surface area contributed by atoms with E-state index >= 15 is 0 Å². The lowest BCUT2D eigenvalue weighted by atomic mass is 9.66. The summed E-state index contributed by atoms with van der Waals surface area (Å²) >= 11 is 0. The number of nitrogens with two attached hydrogens (primary N) is 1. The van der Waals surface area contributed by atoms with Crippen molar-refractivity contribution in [3.05, 3.63) is 29.3 Å². The van der Waals surface area contributed by atoms with Gasteiger partial charge in [-0.2, -0.15) is 0 Å². The summed E-state index contributed by atoms with van der Waals surface area (Å²) in [5.74, 6) is -1.94. The van der Waals surface area contributed by atoms with Crippen molar-refractivity contribution in [3.63, 3.8) is 0 Å². The molecule has 3 N–H and O–H groups in total. The Balaban J connectivity index is 1.60. The predicted molar refractivity (Wildman–Crippen MR) is 111 cm³/mol. The summed E-state index contributed by atoms with van der Waals surface area (Å²) in [4.78, 5) is 52.7. The van der Waals surface area contributed by atoms with E-state index in [1.54, 1.807) is 12.1 Å². The lowest BCUT2D eigenvalue weighted by Crippen LogP contribution is -2.54. The monoisotopic (exact) mass is 412 g/mol. The summed E-state index contributed by atoms with van der Waals surface area (Å²) in [6, 6.07) is 4.32. The maximum Gasteiger partial charge on any atom is 0.262 e. The van der Waals surface area contributed by atoms with Gasteiger partial charge in [0.25, 0.3) is 11.8 Å². The Labute approximate surface area is 175 Å². The molecule has 3 heterocycles. The van der Waals surface area contributed by atoms with Crippen molar-refractivity contribution in [1.82, 2.24) is 10.2 Å². The van der Waals surface area contributed by atoms with Gasteiger partial charge in [0, 0.05) is 37.2 Å². The van der Waals surface area contributed by atoms with E-state index in [1.165, 1.54) is 0 Å². The third-order valence-corrected chi connectivity index (χ3v) is 7.12. The predicted octanol–water partition coefficient (Wildman–Crippen LogP) is 1.29. The number of nitrogens with zero attached hydrogens (tertiary/aromatic N) is 2. The lowest BCUT2D eigenvalue weighted by molar-refractivity contribution is -0.136. The summed E-state index contributed by atoms with van der Waals surface area (Å²) < 4.78 is 0. The number of amides is 4. The van der Waals surface area contributed by atoms with Crippen LogP contribution in [-0.4, -0.2) is 54.2 Å². The molecule has 4 rings (SSSR count). The van der Waals surface area contributed by atoms with Gasteiger partial charge in [-0.1, -0.05) is 20.8 Å². The molecule has 2 unspecified atom stereocenters. The zero-order chi connectivity index (χ0) is 21.8. The van der Waals surface area contributed by atoms with E-state index in [-0.39, 0.29) is 29.6 Å². The number of nitrogens with one attached hydrogen (secondary N) is 1. The van der Waals surface area contributed by atoms with Gasteiger partial charge < -0.3 is 10.6 Å². The van der Waals surface area contributed by atoms with Crippen molar-refractivity contribution in [3.8, 4) is 0 Å². The summed E-state index contributed by atoms with van der Waals surface area (Å²) in [6.45, 7) is 8.79. The molecule has 4 amide bonds. The minimum atomic E-state index is -0.948. The van der Waals surface area contributed by atoms with Gasteiger partial charge in [-0.3, -0.25) is 29.4 Å². The molecule has 3 aliphatic rings. The Morgan fingerprint density at radius 2 is 1.83 bits per heavy atom. The SMILES string of the molecule is CC(C)(C)C1(CN)CCN(c2ccc3c(c2)C(=O)N(C2CCC(=O)NC2=O)C3=O)C1. The van der Waals surface area contributed by atoms with E-state index in [4.69, 9.17) is 5.73 Å². The minimum Gasteiger partial charge on any atom is -0.371 e. The van der Waals surface area contributed by atoms with Crippen molar-refractivity contribution >= 4 is 29.3 Å². The Hall–Kier alpha value is -2.74. The quantitative estimate of drug-likeness (QED) is 0.724. The molecule has 8 nitrogen and oxygen atoms in total. The van der Waals surface area contributed by atoms with Gasteiger partial charge in [-0.25, -0.2) is 0 Å². The maximum atomic E-state index is 13.0. The molecule has 160 valence electrons. The fourth-order valence-corrected chi connectivity index (χ4v) is 4.83. The standard InChI is InChI=1S/C22H28N4O4/c1-21(2,3)22(11-23)8-9-25(12-22)13-4-5-14-15(10-13)20(30)26(19(14)29)16-6-7-17(27)24-18(16)28/h4-5,10,16H,6-9,11-12,23H2,1-3H3,(H,24,27,28). The highest BCUT2D eigenvalue weighted by Crippen LogP contribution is 2.46. The summed E-state index contributed by atoms with van der Waals surface area (Å²) in [5, 5.41) is 2.22. The van der Waals surface area contributed by atoms with Crippen molar-refractivity contribution in [2.45, 2.75) is 46.1 Å². The fraction of sp³-hybridized carbons (Fsp3) is 0.545. The van der Waals surface area contributed by atoms with Crippen LogP contribution in [0.5, 0.6) is 0 Å². The number of fused-ring (bicyclic) bond motifs is 1. The van der Waals surface area contributed by atoms with Gasteiger partial charge in [-0.15, -0.1) is 0 Å². The number of hydrogen-bond acceptors (Lipinski definition) is 6. The average molecular weight is 412 g/mol. The van der Waals surface area contributed by atoms with Crippen LogP contribution in [0, 0.1) is 10.8 Å². The Kier molecular flexibility index (Phi) is 4.73. The highest BCUT2D eigenvalue weighted by molar-refractivity contribution is 6.23. The van der Waals surface area contributed by atoms with E-state index in [9.17, 15) is 19.2 Å². The highest BCUT2D eigenvalue weighted by Gasteiger charge is 2.47. The number of imide groups is 2. The molecule has 0 radical (unpaired) electrons. The Morgan fingerprint density at radius 1 is 1.13 bits per heavy atom. The summed E-state index contributed by atoms with van der Waals surface area (Å²) in [5.41, 5.74) is 7.66. The third kappa shape index (κ3) is 3.01. The largest absolute Gasteiger partial charge is 0.371 e. The van der Waals surface area contributed by atoms with Gasteiger partial charge in [0.2, 0.25) is 11.8 Å². The first-order chi connectivity index (χ1) is 14.1. The number of piperidine rings is 1. The van der Waals surface area contributed by atoms with Crippen LogP contribution in [0.15, 0.2) is 18.2 Å². The molecule has 2 saturated heterocycles. The fourth-order valence-electron chi connectivity index (χ4n) is 4.83. The molecule has 3 aliphatic heterocycles. The molecular formula is C22H28N4O4. The molecule has 0 aromatic heterocycles. The van der Waals surface area contributed by atoms with Crippen molar-refractivity contribution in [2.75, 3.05) is 24.5 Å². The smallest absolute Gasteiger partial charge is 0.262 e. The van der Waals surface area contributed by atoms with Crippen molar-refractivity contribution < 1.29 is 19.2 Å². The molecule has 2 atom stereocenters. The molecule has 1 aromatic carbocycles. The van der Waals surface area contributed by atoms with E-state index in [2.05, 4.69) is 31.0 Å². The maximum absolute atomic E-state index is 13.0. The van der Waals surface area contributed by atoms with Crippen LogP contribution in [0.1, 0.15) is 60.7 Å². The number of carbonyl (C=O) groups is 4. The van der Waals surface area contributed by atoms with Gasteiger partial charge in [0.15, 0.2) is 0 Å². The Bertz CT molecular complexity index is 951. The van der Waals surface area contributed by atoms with Crippen LogP contribution in [0.3, 0.4) is 0 Å². The zero-order valence-corrected chi connectivity index (χ0v) is 17.7. The van der Waals surface area contributed by atoms with Crippen LogP contribution < -0.4 is 16.0 Å². The minimum absolute atomic E-state index is 0.0232. The molecule has 0 bridgehead atoms. The van der Waals surface area contributed by atoms with E-state index in [1.807, 2.05) is 6.07 Å². The molecule has 0 spiro atoms. The van der Waals surface area contributed by atoms with Gasteiger partial charge in [0.1, 0.15) is 6.04 Å². The number of anilines is 1. The normalized spacial score (nSPS) is 27.0. The zero-order valence-electron chi connectivity index (χ0n) is 17.7. The number of benzene rings is 1. The van der Waals surface area contributed by atoms with Crippen molar-refractivity contribution in [1.29, 1.82) is 0 Å². The third-order valence-electron chi connectivity index (χ3n) is 7.12. The number of rotatable bonds is 3. The van der Waals surface area contributed by atoms with Gasteiger partial charge in [-0.05, 0) is 36.5 Å².